The first-order valence-corrected chi connectivity index (χ1v) is 10.4. The number of fused-ring (bicyclic) bond motifs is 1. The summed E-state index contributed by atoms with van der Waals surface area (Å²) in [5, 5.41) is 19.5. The first kappa shape index (κ1) is 21.3. The molecule has 166 valence electrons. The summed E-state index contributed by atoms with van der Waals surface area (Å²) >= 11 is 0. The summed E-state index contributed by atoms with van der Waals surface area (Å²) in [6.45, 7) is 5.77. The average molecular weight is 435 g/mol. The van der Waals surface area contributed by atoms with Crippen molar-refractivity contribution in [3.8, 4) is 16.8 Å². The monoisotopic (exact) mass is 435 g/mol. The number of imidazole rings is 1. The molecule has 0 aliphatic heterocycles. The highest BCUT2D eigenvalue weighted by molar-refractivity contribution is 5.94. The average Bonchev–Trinajstić information content (AvgIpc) is 3.42. The molecule has 3 aromatic heterocycles. The van der Waals surface area contributed by atoms with E-state index in [1.807, 2.05) is 25.1 Å². The number of benzene rings is 1. The number of urea groups is 1. The summed E-state index contributed by atoms with van der Waals surface area (Å²) in [6.07, 6.45) is 4.50. The van der Waals surface area contributed by atoms with E-state index in [9.17, 15) is 14.7 Å². The highest BCUT2D eigenvalue weighted by Gasteiger charge is 2.16. The molecule has 0 aliphatic carbocycles. The summed E-state index contributed by atoms with van der Waals surface area (Å²) in [4.78, 5) is 32.2. The Morgan fingerprint density at radius 1 is 1.22 bits per heavy atom. The van der Waals surface area contributed by atoms with Crippen molar-refractivity contribution in [3.05, 3.63) is 59.3 Å². The Morgan fingerprint density at radius 3 is 2.69 bits per heavy atom. The van der Waals surface area contributed by atoms with Gasteiger partial charge in [-0.3, -0.25) is 10.1 Å². The van der Waals surface area contributed by atoms with Crippen LogP contribution in [0.1, 0.15) is 26.8 Å². The summed E-state index contributed by atoms with van der Waals surface area (Å²) in [5.74, 6) is 0.303. The molecule has 0 fully saturated rings. The van der Waals surface area contributed by atoms with Gasteiger partial charge < -0.3 is 20.0 Å². The van der Waals surface area contributed by atoms with Crippen LogP contribution in [0.4, 0.5) is 10.7 Å². The van der Waals surface area contributed by atoms with Crippen molar-refractivity contribution in [1.29, 1.82) is 0 Å². The molecule has 3 heterocycles. The molecular weight excluding hydrogens is 410 g/mol. The largest absolute Gasteiger partial charge is 0.391 e. The predicted molar refractivity (Wildman–Crippen MR) is 122 cm³/mol. The van der Waals surface area contributed by atoms with E-state index in [0.29, 0.717) is 29.1 Å². The lowest BCUT2D eigenvalue weighted by Gasteiger charge is -2.18. The van der Waals surface area contributed by atoms with E-state index in [1.54, 1.807) is 43.2 Å². The number of H-pyrrole nitrogens is 1. The molecule has 4 N–H and O–H groups in total. The molecule has 10 heteroatoms. The Balaban J connectivity index is 1.81. The van der Waals surface area contributed by atoms with E-state index in [-0.39, 0.29) is 17.6 Å². The van der Waals surface area contributed by atoms with Crippen LogP contribution in [0.5, 0.6) is 0 Å². The molecular formula is C22H25N7O3. The Kier molecular flexibility index (Phi) is 5.78. The van der Waals surface area contributed by atoms with Gasteiger partial charge in [0.15, 0.2) is 0 Å². The SMILES string of the molecule is CCNC(=O)Nc1nc2cc(-c3ccn([C@@H](C)[C@H](C)O)c(=O)c3)cc(-n3cccn3)c2[nH]1. The Morgan fingerprint density at radius 2 is 2.03 bits per heavy atom. The maximum absolute atomic E-state index is 12.7. The fraction of sp³-hybridized carbons (Fsp3) is 0.273. The number of pyridine rings is 1. The second kappa shape index (κ2) is 8.67. The number of aromatic nitrogens is 5. The van der Waals surface area contributed by atoms with Gasteiger partial charge in [0.1, 0.15) is 0 Å². The smallest absolute Gasteiger partial charge is 0.321 e. The molecule has 10 nitrogen and oxygen atoms in total. The van der Waals surface area contributed by atoms with Crippen molar-refractivity contribution in [1.82, 2.24) is 29.6 Å². The maximum atomic E-state index is 12.7. The molecule has 0 saturated carbocycles. The number of nitrogens with one attached hydrogen (secondary N) is 3. The number of rotatable bonds is 6. The Labute approximate surface area is 183 Å². The van der Waals surface area contributed by atoms with Crippen LogP contribution in [0.15, 0.2) is 53.7 Å². The minimum Gasteiger partial charge on any atom is -0.391 e. The molecule has 0 saturated heterocycles. The van der Waals surface area contributed by atoms with E-state index in [2.05, 4.69) is 25.7 Å². The highest BCUT2D eigenvalue weighted by Crippen LogP contribution is 2.29. The van der Waals surface area contributed by atoms with Gasteiger partial charge in [0.25, 0.3) is 5.56 Å². The van der Waals surface area contributed by atoms with Gasteiger partial charge in [-0.05, 0) is 56.2 Å². The summed E-state index contributed by atoms with van der Waals surface area (Å²) in [7, 11) is 0. The van der Waals surface area contributed by atoms with Crippen LogP contribution in [0.2, 0.25) is 0 Å². The van der Waals surface area contributed by atoms with Crippen LogP contribution in [-0.4, -0.2) is 48.1 Å². The van der Waals surface area contributed by atoms with Gasteiger partial charge in [0.05, 0.1) is 28.9 Å². The van der Waals surface area contributed by atoms with Crippen LogP contribution in [0, 0.1) is 0 Å². The number of nitrogens with zero attached hydrogens (tertiary/aromatic N) is 4. The lowest BCUT2D eigenvalue weighted by Crippen LogP contribution is -2.28. The fourth-order valence-corrected chi connectivity index (χ4v) is 3.46. The van der Waals surface area contributed by atoms with Gasteiger partial charge in [0, 0.05) is 31.2 Å². The maximum Gasteiger partial charge on any atom is 0.321 e. The van der Waals surface area contributed by atoms with E-state index in [4.69, 9.17) is 0 Å². The number of aliphatic hydroxyl groups is 1. The molecule has 1 aromatic carbocycles. The van der Waals surface area contributed by atoms with Crippen molar-refractivity contribution in [2.75, 3.05) is 11.9 Å². The number of carbonyl (C=O) groups is 1. The van der Waals surface area contributed by atoms with Crippen LogP contribution < -0.4 is 16.2 Å². The molecule has 4 aromatic rings. The fourth-order valence-electron chi connectivity index (χ4n) is 3.46. The van der Waals surface area contributed by atoms with Crippen LogP contribution >= 0.6 is 0 Å². The number of hydrogen-bond donors (Lipinski definition) is 4. The Hall–Kier alpha value is -3.92. The van der Waals surface area contributed by atoms with Gasteiger partial charge in [0.2, 0.25) is 5.95 Å². The second-order valence-electron chi connectivity index (χ2n) is 7.55. The van der Waals surface area contributed by atoms with Crippen LogP contribution in [-0.2, 0) is 0 Å². The van der Waals surface area contributed by atoms with Crippen molar-refractivity contribution in [3.63, 3.8) is 0 Å². The third-order valence-corrected chi connectivity index (χ3v) is 5.31. The summed E-state index contributed by atoms with van der Waals surface area (Å²) < 4.78 is 3.20. The minimum absolute atomic E-state index is 0.211. The molecule has 0 aliphatic rings. The first-order valence-electron chi connectivity index (χ1n) is 10.4. The van der Waals surface area contributed by atoms with Crippen molar-refractivity contribution < 1.29 is 9.90 Å². The van der Waals surface area contributed by atoms with Gasteiger partial charge in [-0.25, -0.2) is 14.5 Å². The van der Waals surface area contributed by atoms with Crippen molar-refractivity contribution >= 4 is 23.0 Å². The number of aliphatic hydroxyl groups excluding tert-OH is 1. The molecule has 2 atom stereocenters. The van der Waals surface area contributed by atoms with E-state index in [0.717, 1.165) is 11.3 Å². The van der Waals surface area contributed by atoms with E-state index in [1.165, 1.54) is 10.6 Å². The molecule has 0 radical (unpaired) electrons. The quantitative estimate of drug-likeness (QED) is 0.370. The number of aromatic amines is 1. The molecule has 2 amide bonds. The van der Waals surface area contributed by atoms with E-state index >= 15 is 0 Å². The lowest BCUT2D eigenvalue weighted by atomic mass is 10.0. The molecule has 32 heavy (non-hydrogen) atoms. The van der Waals surface area contributed by atoms with E-state index < -0.39 is 6.10 Å². The third-order valence-electron chi connectivity index (χ3n) is 5.31. The van der Waals surface area contributed by atoms with Crippen LogP contribution in [0.3, 0.4) is 0 Å². The zero-order chi connectivity index (χ0) is 22.8. The summed E-state index contributed by atoms with van der Waals surface area (Å²) in [6, 6.07) is 8.22. The minimum atomic E-state index is -0.652. The topological polar surface area (TPSA) is 130 Å². The zero-order valence-corrected chi connectivity index (χ0v) is 18.0. The number of anilines is 1. The highest BCUT2D eigenvalue weighted by atomic mass is 16.3. The van der Waals surface area contributed by atoms with Gasteiger partial charge in [-0.15, -0.1) is 0 Å². The number of hydrogen-bond acceptors (Lipinski definition) is 5. The Bertz CT molecular complexity index is 1310. The lowest BCUT2D eigenvalue weighted by molar-refractivity contribution is 0.137. The molecule has 4 rings (SSSR count). The molecule has 0 unspecified atom stereocenters. The van der Waals surface area contributed by atoms with Gasteiger partial charge >= 0.3 is 6.03 Å². The van der Waals surface area contributed by atoms with Crippen molar-refractivity contribution in [2.24, 2.45) is 0 Å². The molecule has 0 bridgehead atoms. The normalized spacial score (nSPS) is 13.1. The second-order valence-corrected chi connectivity index (χ2v) is 7.55. The summed E-state index contributed by atoms with van der Waals surface area (Å²) in [5.41, 5.74) is 3.30. The standard InChI is InChI=1S/C22H25N7O3/c1-4-23-22(32)27-21-25-17-10-16(11-18(20(17)26-21)29-8-5-7-24-29)15-6-9-28(19(31)12-15)13(2)14(3)30/h5-14,30H,4H2,1-3H3,(H3,23,25,26,27,32)/t13-,14-/m0/s1. The first-order chi connectivity index (χ1) is 15.4. The molecule has 0 spiro atoms. The number of carbonyl (C=O) groups excluding carboxylic acids is 1. The third kappa shape index (κ3) is 4.12. The predicted octanol–water partition coefficient (Wildman–Crippen LogP) is 2.66. The van der Waals surface area contributed by atoms with Gasteiger partial charge in [-0.1, -0.05) is 0 Å². The zero-order valence-electron chi connectivity index (χ0n) is 18.0. The van der Waals surface area contributed by atoms with Gasteiger partial charge in [-0.2, -0.15) is 5.10 Å². The number of amides is 2. The van der Waals surface area contributed by atoms with Crippen molar-refractivity contribution in [2.45, 2.75) is 32.9 Å². The van der Waals surface area contributed by atoms with Crippen LogP contribution in [0.25, 0.3) is 27.8 Å².